The number of para-hydroxylation sites is 1. The van der Waals surface area contributed by atoms with Gasteiger partial charge in [-0.05, 0) is 6.07 Å². The Kier molecular flexibility index (Phi) is 5.43. The molecule has 1 aromatic rings. The maximum Gasteiger partial charge on any atom is 0.222 e. The van der Waals surface area contributed by atoms with Crippen molar-refractivity contribution in [2.45, 2.75) is 32.0 Å². The number of ether oxygens (including phenoxy) is 2. The Hall–Kier alpha value is -1.80. The smallest absolute Gasteiger partial charge is 0.222 e. The molecule has 0 bridgehead atoms. The molecule has 8 heteroatoms. The highest BCUT2D eigenvalue weighted by atomic mass is 32.2. The SMILES string of the molecule is CCC(=O)N1CCN(Cc2cccc(OC)c2OC)[C@@H]2CS(=O)(=O)C[C@@H]21. The normalized spacial score (nSPS) is 25.0. The molecule has 0 N–H and O–H groups in total. The molecule has 0 spiro atoms. The monoisotopic (exact) mass is 382 g/mol. The maximum atomic E-state index is 12.3. The Morgan fingerprint density at radius 1 is 1.15 bits per heavy atom. The molecule has 144 valence electrons. The lowest BCUT2D eigenvalue weighted by molar-refractivity contribution is -0.136. The zero-order valence-corrected chi connectivity index (χ0v) is 16.3. The summed E-state index contributed by atoms with van der Waals surface area (Å²) in [5.74, 6) is 1.49. The van der Waals surface area contributed by atoms with E-state index in [-0.39, 0.29) is 29.5 Å². The van der Waals surface area contributed by atoms with Crippen LogP contribution < -0.4 is 9.47 Å². The molecule has 0 saturated carbocycles. The zero-order chi connectivity index (χ0) is 18.9. The molecule has 2 aliphatic rings. The molecule has 0 aromatic heterocycles. The summed E-state index contributed by atoms with van der Waals surface area (Å²) in [6.07, 6.45) is 0.396. The van der Waals surface area contributed by atoms with Crippen LogP contribution in [0.3, 0.4) is 0 Å². The van der Waals surface area contributed by atoms with E-state index in [1.807, 2.05) is 25.1 Å². The van der Waals surface area contributed by atoms with E-state index in [4.69, 9.17) is 9.47 Å². The number of carbonyl (C=O) groups excluding carboxylic acids is 1. The molecule has 2 heterocycles. The van der Waals surface area contributed by atoms with E-state index in [0.29, 0.717) is 37.6 Å². The van der Waals surface area contributed by atoms with Crippen molar-refractivity contribution in [3.05, 3.63) is 23.8 Å². The van der Waals surface area contributed by atoms with Crippen LogP contribution in [0.2, 0.25) is 0 Å². The molecular weight excluding hydrogens is 356 g/mol. The van der Waals surface area contributed by atoms with Crippen molar-refractivity contribution < 1.29 is 22.7 Å². The fraction of sp³-hybridized carbons (Fsp3) is 0.611. The number of piperazine rings is 1. The second-order valence-electron chi connectivity index (χ2n) is 6.78. The van der Waals surface area contributed by atoms with Gasteiger partial charge in [-0.1, -0.05) is 19.1 Å². The fourth-order valence-electron chi connectivity index (χ4n) is 4.03. The van der Waals surface area contributed by atoms with Gasteiger partial charge >= 0.3 is 0 Å². The first kappa shape index (κ1) is 19.0. The van der Waals surface area contributed by atoms with Crippen LogP contribution in [0, 0.1) is 0 Å². The van der Waals surface area contributed by atoms with Gasteiger partial charge < -0.3 is 14.4 Å². The lowest BCUT2D eigenvalue weighted by atomic mass is 10.0. The minimum Gasteiger partial charge on any atom is -0.493 e. The number of carbonyl (C=O) groups is 1. The Morgan fingerprint density at radius 3 is 2.54 bits per heavy atom. The average molecular weight is 382 g/mol. The van der Waals surface area contributed by atoms with Crippen molar-refractivity contribution in [2.24, 2.45) is 0 Å². The van der Waals surface area contributed by atoms with E-state index < -0.39 is 9.84 Å². The van der Waals surface area contributed by atoms with E-state index in [0.717, 1.165) is 5.56 Å². The second-order valence-corrected chi connectivity index (χ2v) is 8.93. The number of hydrogen-bond acceptors (Lipinski definition) is 6. The molecule has 1 aromatic carbocycles. The van der Waals surface area contributed by atoms with Crippen LogP contribution in [0.4, 0.5) is 0 Å². The number of fused-ring (bicyclic) bond motifs is 1. The predicted octanol–water partition coefficient (Wildman–Crippen LogP) is 0.924. The minimum atomic E-state index is -3.15. The number of sulfone groups is 1. The Bertz CT molecular complexity index is 780. The zero-order valence-electron chi connectivity index (χ0n) is 15.5. The molecule has 2 fully saturated rings. The average Bonchev–Trinajstić information content (AvgIpc) is 2.96. The Morgan fingerprint density at radius 2 is 1.88 bits per heavy atom. The molecule has 3 rings (SSSR count). The summed E-state index contributed by atoms with van der Waals surface area (Å²) in [7, 11) is 0.0441. The van der Waals surface area contributed by atoms with Crippen LogP contribution in [0.25, 0.3) is 0 Å². The van der Waals surface area contributed by atoms with Gasteiger partial charge in [-0.3, -0.25) is 9.69 Å². The fourth-order valence-corrected chi connectivity index (χ4v) is 6.04. The Balaban J connectivity index is 1.87. The van der Waals surface area contributed by atoms with E-state index >= 15 is 0 Å². The number of benzene rings is 1. The lowest BCUT2D eigenvalue weighted by Crippen LogP contribution is -2.60. The second kappa shape index (κ2) is 7.44. The van der Waals surface area contributed by atoms with E-state index in [1.54, 1.807) is 19.1 Å². The topological polar surface area (TPSA) is 76.2 Å². The number of methoxy groups -OCH3 is 2. The van der Waals surface area contributed by atoms with Crippen LogP contribution in [-0.4, -0.2) is 75.0 Å². The van der Waals surface area contributed by atoms with Gasteiger partial charge in [-0.25, -0.2) is 8.42 Å². The molecule has 1 amide bonds. The standard InChI is InChI=1S/C18H26N2O5S/c1-4-17(21)20-9-8-19(14-11-26(22,23)12-15(14)20)10-13-6-5-7-16(24-2)18(13)25-3/h5-7,14-15H,4,8-12H2,1-3H3/t14-,15+/m1/s1. The van der Waals surface area contributed by atoms with Crippen LogP contribution in [0.1, 0.15) is 18.9 Å². The van der Waals surface area contributed by atoms with Crippen LogP contribution in [0.15, 0.2) is 18.2 Å². The van der Waals surface area contributed by atoms with Crippen molar-refractivity contribution in [3.63, 3.8) is 0 Å². The summed E-state index contributed by atoms with van der Waals surface area (Å²) in [6, 6.07) is 5.25. The van der Waals surface area contributed by atoms with Gasteiger partial charge in [0.1, 0.15) is 0 Å². The molecule has 2 atom stereocenters. The van der Waals surface area contributed by atoms with Gasteiger partial charge in [-0.15, -0.1) is 0 Å². The van der Waals surface area contributed by atoms with Crippen molar-refractivity contribution in [3.8, 4) is 11.5 Å². The van der Waals surface area contributed by atoms with Crippen molar-refractivity contribution >= 4 is 15.7 Å². The summed E-state index contributed by atoms with van der Waals surface area (Å²) in [5, 5.41) is 0. The molecular formula is C18H26N2O5S. The number of hydrogen-bond donors (Lipinski definition) is 0. The number of nitrogens with zero attached hydrogens (tertiary/aromatic N) is 2. The first-order valence-electron chi connectivity index (χ1n) is 8.84. The summed E-state index contributed by atoms with van der Waals surface area (Å²) in [6.45, 7) is 3.57. The van der Waals surface area contributed by atoms with Crippen LogP contribution >= 0.6 is 0 Å². The minimum absolute atomic E-state index is 0.0238. The molecule has 0 unspecified atom stereocenters. The van der Waals surface area contributed by atoms with E-state index in [1.165, 1.54) is 0 Å². The van der Waals surface area contributed by atoms with Gasteiger partial charge in [0.15, 0.2) is 21.3 Å². The quantitative estimate of drug-likeness (QED) is 0.754. The molecule has 2 aliphatic heterocycles. The molecule has 26 heavy (non-hydrogen) atoms. The van der Waals surface area contributed by atoms with Gasteiger partial charge in [0.05, 0.1) is 31.8 Å². The van der Waals surface area contributed by atoms with E-state index in [9.17, 15) is 13.2 Å². The summed E-state index contributed by atoms with van der Waals surface area (Å²) in [5.41, 5.74) is 0.949. The number of amides is 1. The highest BCUT2D eigenvalue weighted by molar-refractivity contribution is 7.91. The van der Waals surface area contributed by atoms with Crippen molar-refractivity contribution in [2.75, 3.05) is 38.8 Å². The van der Waals surface area contributed by atoms with E-state index in [2.05, 4.69) is 4.90 Å². The lowest BCUT2D eigenvalue weighted by Gasteiger charge is -2.44. The van der Waals surface area contributed by atoms with Gasteiger partial charge in [-0.2, -0.15) is 0 Å². The highest BCUT2D eigenvalue weighted by Gasteiger charge is 2.47. The summed E-state index contributed by atoms with van der Waals surface area (Å²) in [4.78, 5) is 16.2. The predicted molar refractivity (Wildman–Crippen MR) is 98.2 cm³/mol. The van der Waals surface area contributed by atoms with Gasteiger partial charge in [0.2, 0.25) is 5.91 Å². The summed E-state index contributed by atoms with van der Waals surface area (Å²) >= 11 is 0. The highest BCUT2D eigenvalue weighted by Crippen LogP contribution is 2.34. The number of rotatable bonds is 5. The third-order valence-corrected chi connectivity index (χ3v) is 6.97. The van der Waals surface area contributed by atoms with Crippen LogP contribution in [-0.2, 0) is 21.2 Å². The molecule has 2 saturated heterocycles. The van der Waals surface area contributed by atoms with Gasteiger partial charge in [0, 0.05) is 37.7 Å². The molecule has 0 aliphatic carbocycles. The maximum absolute atomic E-state index is 12.3. The van der Waals surface area contributed by atoms with Gasteiger partial charge in [0.25, 0.3) is 0 Å². The summed E-state index contributed by atoms with van der Waals surface area (Å²) < 4.78 is 35.4. The largest absolute Gasteiger partial charge is 0.493 e. The first-order chi connectivity index (χ1) is 12.4. The van der Waals surface area contributed by atoms with Crippen LogP contribution in [0.5, 0.6) is 11.5 Å². The molecule has 0 radical (unpaired) electrons. The molecule has 7 nitrogen and oxygen atoms in total. The Labute approximate surface area is 154 Å². The third-order valence-electron chi connectivity index (χ3n) is 5.27. The third kappa shape index (κ3) is 3.53. The van der Waals surface area contributed by atoms with Crippen molar-refractivity contribution in [1.82, 2.24) is 9.80 Å². The first-order valence-corrected chi connectivity index (χ1v) is 10.7. The van der Waals surface area contributed by atoms with Crippen molar-refractivity contribution in [1.29, 1.82) is 0 Å².